The van der Waals surface area contributed by atoms with Crippen molar-refractivity contribution in [2.75, 3.05) is 33.0 Å². The molecule has 0 amide bonds. The summed E-state index contributed by atoms with van der Waals surface area (Å²) in [6.07, 6.45) is 2.56. The van der Waals surface area contributed by atoms with Gasteiger partial charge in [0.25, 0.3) is 0 Å². The van der Waals surface area contributed by atoms with Crippen LogP contribution < -0.4 is 15.2 Å². The Bertz CT molecular complexity index is 426. The molecule has 1 aromatic rings. The summed E-state index contributed by atoms with van der Waals surface area (Å²) in [4.78, 5) is 2.47. The molecular weight excluding hydrogens is 240 g/mol. The van der Waals surface area contributed by atoms with E-state index in [4.69, 9.17) is 15.2 Å². The normalized spacial score (nSPS) is 17.4. The molecule has 1 aliphatic rings. The van der Waals surface area contributed by atoms with Crippen molar-refractivity contribution in [1.29, 1.82) is 0 Å². The molecule has 1 fully saturated rings. The second kappa shape index (κ2) is 6.15. The number of ether oxygens (including phenoxy) is 2. The Morgan fingerprint density at radius 3 is 2.47 bits per heavy atom. The average Bonchev–Trinajstić information content (AvgIpc) is 2.40. The third kappa shape index (κ3) is 3.32. The molecule has 0 saturated carbocycles. The topological polar surface area (TPSA) is 47.7 Å². The van der Waals surface area contributed by atoms with Gasteiger partial charge < -0.3 is 15.2 Å². The Morgan fingerprint density at radius 1 is 1.21 bits per heavy atom. The fourth-order valence-electron chi connectivity index (χ4n) is 2.62. The third-order valence-electron chi connectivity index (χ3n) is 3.85. The summed E-state index contributed by atoms with van der Waals surface area (Å²) in [7, 11) is 3.25. The summed E-state index contributed by atoms with van der Waals surface area (Å²) in [5, 5.41) is 0. The predicted octanol–water partition coefficient (Wildman–Crippen LogP) is 2.52. The van der Waals surface area contributed by atoms with E-state index in [1.165, 1.54) is 18.4 Å². The molecule has 106 valence electrons. The summed E-state index contributed by atoms with van der Waals surface area (Å²) in [6.45, 7) is 5.58. The minimum Gasteiger partial charge on any atom is -0.493 e. The van der Waals surface area contributed by atoms with E-state index in [9.17, 15) is 0 Å². The summed E-state index contributed by atoms with van der Waals surface area (Å²) in [5.41, 5.74) is 7.84. The standard InChI is InChI=1S/C15H24N2O2/c1-11-4-6-17(7-5-11)10-12-8-13(16)15(19-3)14(9-12)18-2/h8-9,11H,4-7,10,16H2,1-3H3. The van der Waals surface area contributed by atoms with Gasteiger partial charge in [-0.15, -0.1) is 0 Å². The second-order valence-corrected chi connectivity index (χ2v) is 5.38. The summed E-state index contributed by atoms with van der Waals surface area (Å²) >= 11 is 0. The third-order valence-corrected chi connectivity index (χ3v) is 3.85. The van der Waals surface area contributed by atoms with E-state index in [0.717, 1.165) is 25.6 Å². The molecule has 1 aromatic carbocycles. The number of anilines is 1. The van der Waals surface area contributed by atoms with Crippen molar-refractivity contribution in [3.8, 4) is 11.5 Å². The number of methoxy groups -OCH3 is 2. The van der Waals surface area contributed by atoms with Gasteiger partial charge in [-0.05, 0) is 49.5 Å². The van der Waals surface area contributed by atoms with Crippen LogP contribution in [-0.2, 0) is 6.54 Å². The zero-order chi connectivity index (χ0) is 13.8. The van der Waals surface area contributed by atoms with E-state index < -0.39 is 0 Å². The number of piperidine rings is 1. The van der Waals surface area contributed by atoms with Crippen molar-refractivity contribution in [2.45, 2.75) is 26.3 Å². The van der Waals surface area contributed by atoms with Gasteiger partial charge >= 0.3 is 0 Å². The number of likely N-dealkylation sites (tertiary alicyclic amines) is 1. The van der Waals surface area contributed by atoms with Crippen LogP contribution in [0.2, 0.25) is 0 Å². The number of rotatable bonds is 4. The first-order valence-electron chi connectivity index (χ1n) is 6.86. The van der Waals surface area contributed by atoms with Crippen LogP contribution in [0.15, 0.2) is 12.1 Å². The maximum Gasteiger partial charge on any atom is 0.183 e. The molecular formula is C15H24N2O2. The number of nitrogens with two attached hydrogens (primary N) is 1. The maximum atomic E-state index is 6.01. The lowest BCUT2D eigenvalue weighted by Gasteiger charge is -2.30. The molecule has 19 heavy (non-hydrogen) atoms. The van der Waals surface area contributed by atoms with Crippen LogP contribution in [0.5, 0.6) is 11.5 Å². The molecule has 0 aliphatic carbocycles. The molecule has 4 nitrogen and oxygen atoms in total. The highest BCUT2D eigenvalue weighted by Gasteiger charge is 2.17. The van der Waals surface area contributed by atoms with Gasteiger partial charge in [0.2, 0.25) is 0 Å². The van der Waals surface area contributed by atoms with Crippen LogP contribution in [0, 0.1) is 5.92 Å². The monoisotopic (exact) mass is 264 g/mol. The quantitative estimate of drug-likeness (QED) is 0.849. The molecule has 0 atom stereocenters. The lowest BCUT2D eigenvalue weighted by Crippen LogP contribution is -2.32. The lowest BCUT2D eigenvalue weighted by molar-refractivity contribution is 0.185. The van der Waals surface area contributed by atoms with Crippen LogP contribution in [0.1, 0.15) is 25.3 Å². The van der Waals surface area contributed by atoms with Crippen LogP contribution in [-0.4, -0.2) is 32.2 Å². The smallest absolute Gasteiger partial charge is 0.183 e. The summed E-state index contributed by atoms with van der Waals surface area (Å²) < 4.78 is 10.6. The first-order valence-corrected chi connectivity index (χ1v) is 6.86. The highest BCUT2D eigenvalue weighted by molar-refractivity contribution is 5.62. The number of hydrogen-bond acceptors (Lipinski definition) is 4. The molecule has 2 rings (SSSR count). The molecule has 0 aromatic heterocycles. The minimum absolute atomic E-state index is 0.624. The predicted molar refractivity (Wildman–Crippen MR) is 77.6 cm³/mol. The largest absolute Gasteiger partial charge is 0.493 e. The Labute approximate surface area is 115 Å². The van der Waals surface area contributed by atoms with Crippen LogP contribution in [0.3, 0.4) is 0 Å². The Morgan fingerprint density at radius 2 is 1.89 bits per heavy atom. The van der Waals surface area contributed by atoms with E-state index in [1.54, 1.807) is 14.2 Å². The van der Waals surface area contributed by atoms with Crippen molar-refractivity contribution >= 4 is 5.69 Å². The van der Waals surface area contributed by atoms with Crippen molar-refractivity contribution in [2.24, 2.45) is 5.92 Å². The molecule has 0 spiro atoms. The highest BCUT2D eigenvalue weighted by atomic mass is 16.5. The van der Waals surface area contributed by atoms with Gasteiger partial charge in [-0.3, -0.25) is 4.90 Å². The molecule has 4 heteroatoms. The van der Waals surface area contributed by atoms with E-state index in [0.29, 0.717) is 17.2 Å². The van der Waals surface area contributed by atoms with Gasteiger partial charge in [0.15, 0.2) is 11.5 Å². The van der Waals surface area contributed by atoms with E-state index in [-0.39, 0.29) is 0 Å². The van der Waals surface area contributed by atoms with Gasteiger partial charge in [-0.25, -0.2) is 0 Å². The van der Waals surface area contributed by atoms with Crippen LogP contribution in [0.4, 0.5) is 5.69 Å². The zero-order valence-electron chi connectivity index (χ0n) is 12.1. The number of nitrogens with zero attached hydrogens (tertiary/aromatic N) is 1. The SMILES string of the molecule is COc1cc(CN2CCC(C)CC2)cc(N)c1OC. The number of nitrogen functional groups attached to an aromatic ring is 1. The number of hydrogen-bond donors (Lipinski definition) is 1. The molecule has 0 radical (unpaired) electrons. The van der Waals surface area contributed by atoms with Gasteiger partial charge in [-0.2, -0.15) is 0 Å². The molecule has 0 bridgehead atoms. The molecule has 2 N–H and O–H groups in total. The molecule has 0 unspecified atom stereocenters. The van der Waals surface area contributed by atoms with E-state index >= 15 is 0 Å². The molecule has 1 saturated heterocycles. The minimum atomic E-state index is 0.624. The van der Waals surface area contributed by atoms with Gasteiger partial charge in [0, 0.05) is 6.54 Å². The summed E-state index contributed by atoms with van der Waals surface area (Å²) in [6, 6.07) is 4.01. The molecule has 1 aliphatic heterocycles. The fourth-order valence-corrected chi connectivity index (χ4v) is 2.62. The lowest BCUT2D eigenvalue weighted by atomic mass is 9.99. The van der Waals surface area contributed by atoms with Crippen molar-refractivity contribution in [3.63, 3.8) is 0 Å². The van der Waals surface area contributed by atoms with Crippen LogP contribution in [0.25, 0.3) is 0 Å². The Kier molecular flexibility index (Phi) is 4.53. The zero-order valence-corrected chi connectivity index (χ0v) is 12.1. The van der Waals surface area contributed by atoms with Crippen molar-refractivity contribution in [3.05, 3.63) is 17.7 Å². The first kappa shape index (κ1) is 14.0. The van der Waals surface area contributed by atoms with Gasteiger partial charge in [0.1, 0.15) is 0 Å². The van der Waals surface area contributed by atoms with Gasteiger partial charge in [0.05, 0.1) is 19.9 Å². The highest BCUT2D eigenvalue weighted by Crippen LogP contribution is 2.35. The average molecular weight is 264 g/mol. The maximum absolute atomic E-state index is 6.01. The summed E-state index contributed by atoms with van der Waals surface area (Å²) in [5.74, 6) is 2.19. The van der Waals surface area contributed by atoms with Gasteiger partial charge in [-0.1, -0.05) is 6.92 Å². The fraction of sp³-hybridized carbons (Fsp3) is 0.600. The first-order chi connectivity index (χ1) is 9.13. The van der Waals surface area contributed by atoms with E-state index in [2.05, 4.69) is 11.8 Å². The second-order valence-electron chi connectivity index (χ2n) is 5.38. The van der Waals surface area contributed by atoms with E-state index in [1.807, 2.05) is 12.1 Å². The number of benzene rings is 1. The Hall–Kier alpha value is -1.42. The van der Waals surface area contributed by atoms with Crippen molar-refractivity contribution in [1.82, 2.24) is 4.90 Å². The van der Waals surface area contributed by atoms with Crippen LogP contribution >= 0.6 is 0 Å². The van der Waals surface area contributed by atoms with Crippen molar-refractivity contribution < 1.29 is 9.47 Å². The molecule has 1 heterocycles. The Balaban J connectivity index is 2.10.